The highest BCUT2D eigenvalue weighted by atomic mass is 32.1. The fourth-order valence-electron chi connectivity index (χ4n) is 3.03. The van der Waals surface area contributed by atoms with E-state index < -0.39 is 11.8 Å². The number of ketones is 1. The summed E-state index contributed by atoms with van der Waals surface area (Å²) in [5, 5.41) is 11.6. The summed E-state index contributed by atoms with van der Waals surface area (Å²) < 4.78 is 9.04. The molecule has 0 amide bonds. The van der Waals surface area contributed by atoms with Gasteiger partial charge in [-0.1, -0.05) is 48.1 Å². The highest BCUT2D eigenvalue weighted by Gasteiger charge is 2.29. The number of anilines is 1. The summed E-state index contributed by atoms with van der Waals surface area (Å²) in [6.45, 7) is 1.97. The van der Waals surface area contributed by atoms with Crippen LogP contribution in [0.4, 0.5) is 5.82 Å². The van der Waals surface area contributed by atoms with Gasteiger partial charge in [0.05, 0.1) is 19.5 Å². The Morgan fingerprint density at radius 2 is 2.03 bits per heavy atom. The van der Waals surface area contributed by atoms with Gasteiger partial charge < -0.3 is 10.1 Å². The van der Waals surface area contributed by atoms with Crippen LogP contribution in [0.15, 0.2) is 64.9 Å². The summed E-state index contributed by atoms with van der Waals surface area (Å²) in [5.41, 5.74) is 2.51. The number of thiol groups is 1. The second kappa shape index (κ2) is 9.98. The number of rotatable bonds is 8. The predicted molar refractivity (Wildman–Crippen MR) is 122 cm³/mol. The van der Waals surface area contributed by atoms with Crippen molar-refractivity contribution in [2.24, 2.45) is 4.40 Å². The van der Waals surface area contributed by atoms with Crippen molar-refractivity contribution in [3.8, 4) is 5.88 Å². The van der Waals surface area contributed by atoms with Crippen LogP contribution in [-0.2, 0) is 4.79 Å². The van der Waals surface area contributed by atoms with Crippen LogP contribution < -0.4 is 10.1 Å². The zero-order valence-electron chi connectivity index (χ0n) is 16.8. The minimum Gasteiger partial charge on any atom is -0.480 e. The minimum absolute atomic E-state index is 0.225. The lowest BCUT2D eigenvalue weighted by molar-refractivity contribution is -0.113. The molecule has 2 aromatic rings. The molecule has 8 heteroatoms. The lowest BCUT2D eigenvalue weighted by Gasteiger charge is -2.20. The first kappa shape index (κ1) is 21.4. The number of hydrogen-bond acceptors (Lipinski definition) is 8. The zero-order chi connectivity index (χ0) is 21.5. The molecule has 1 aromatic heterocycles. The molecule has 1 atom stereocenters. The molecule has 1 aromatic carbocycles. The molecule has 2 N–H and O–H groups in total. The molecular weight excluding hydrogens is 398 g/mol. The molecule has 0 spiro atoms. The van der Waals surface area contributed by atoms with E-state index in [0.717, 1.165) is 24.0 Å². The molecule has 0 aliphatic heterocycles. The fourth-order valence-corrected chi connectivity index (χ4v) is 3.24. The molecule has 0 radical (unpaired) electrons. The third kappa shape index (κ3) is 5.01. The molecular formula is C22H23N5O2S. The number of Topliss-reactive ketones (excluding diaryl/α,β-unsaturated/α-hetero) is 1. The predicted octanol–water partition coefficient (Wildman–Crippen LogP) is 4.10. The maximum Gasteiger partial charge on any atom is 0.233 e. The van der Waals surface area contributed by atoms with Crippen molar-refractivity contribution in [2.75, 3.05) is 12.4 Å². The Kier molecular flexibility index (Phi) is 7.13. The van der Waals surface area contributed by atoms with Crippen LogP contribution in [0.3, 0.4) is 0 Å². The summed E-state index contributed by atoms with van der Waals surface area (Å²) in [6.07, 6.45) is 10.5. The monoisotopic (exact) mass is 421 g/mol. The van der Waals surface area contributed by atoms with Crippen LogP contribution in [0.5, 0.6) is 5.88 Å². The van der Waals surface area contributed by atoms with Gasteiger partial charge in [-0.2, -0.15) is 4.98 Å². The quantitative estimate of drug-likeness (QED) is 0.440. The van der Waals surface area contributed by atoms with Crippen LogP contribution in [-0.4, -0.2) is 34.3 Å². The van der Waals surface area contributed by atoms with Crippen molar-refractivity contribution < 1.29 is 9.53 Å². The lowest BCUT2D eigenvalue weighted by Crippen LogP contribution is -2.33. The Morgan fingerprint density at radius 1 is 1.27 bits per heavy atom. The number of methoxy groups -OCH3 is 1. The highest BCUT2D eigenvalue weighted by Crippen LogP contribution is 2.23. The molecule has 0 saturated heterocycles. The zero-order valence-corrected chi connectivity index (χ0v) is 17.7. The molecule has 154 valence electrons. The minimum atomic E-state index is -0.849. The summed E-state index contributed by atoms with van der Waals surface area (Å²) in [7, 11) is 1.49. The Labute approximate surface area is 181 Å². The van der Waals surface area contributed by atoms with Crippen LogP contribution >= 0.6 is 12.8 Å². The molecule has 0 saturated carbocycles. The van der Waals surface area contributed by atoms with Crippen LogP contribution in [0.2, 0.25) is 0 Å². The van der Waals surface area contributed by atoms with Crippen molar-refractivity contribution in [3.05, 3.63) is 71.6 Å². The molecule has 1 heterocycles. The number of ether oxygens (including phenoxy) is 1. The van der Waals surface area contributed by atoms with E-state index >= 15 is 0 Å². The molecule has 3 rings (SSSR count). The SMILES string of the molecule is COc1cncc(NC(C(=O)C(=N)C(=NS)C2=CCCC=C2)c2ccc(C)cc2)n1. The standard InChI is InChI=1S/C22H23N5O2S/c1-14-8-10-16(11-9-14)21(26-17-12-24-13-18(25-17)29-2)22(28)19(23)20(27-30)15-6-4-3-5-7-15/h4,6-13,21,23,30H,3,5H2,1-2H3,(H,25,26). The number of benzene rings is 1. The van der Waals surface area contributed by atoms with E-state index in [4.69, 9.17) is 10.1 Å². The second-order valence-corrected chi connectivity index (χ2v) is 6.96. The maximum atomic E-state index is 13.4. The van der Waals surface area contributed by atoms with E-state index in [0.29, 0.717) is 17.3 Å². The third-order valence-corrected chi connectivity index (χ3v) is 4.84. The van der Waals surface area contributed by atoms with Gasteiger partial charge in [0.25, 0.3) is 0 Å². The summed E-state index contributed by atoms with van der Waals surface area (Å²) >= 11 is 4.02. The number of hydrogen-bond donors (Lipinski definition) is 3. The van der Waals surface area contributed by atoms with Gasteiger partial charge in [0.2, 0.25) is 11.7 Å². The van der Waals surface area contributed by atoms with Crippen molar-refractivity contribution in [1.82, 2.24) is 9.97 Å². The normalized spacial score (nSPS) is 14.6. The number of nitrogens with one attached hydrogen (secondary N) is 2. The van der Waals surface area contributed by atoms with E-state index in [1.54, 1.807) is 0 Å². The van der Waals surface area contributed by atoms with E-state index in [1.807, 2.05) is 49.4 Å². The van der Waals surface area contributed by atoms with Gasteiger partial charge in [0, 0.05) is 0 Å². The van der Waals surface area contributed by atoms with E-state index in [-0.39, 0.29) is 11.4 Å². The van der Waals surface area contributed by atoms with Gasteiger partial charge >= 0.3 is 0 Å². The van der Waals surface area contributed by atoms with Gasteiger partial charge in [-0.05, 0) is 43.7 Å². The highest BCUT2D eigenvalue weighted by molar-refractivity contribution is 7.79. The molecule has 1 aliphatic rings. The molecule has 1 aliphatic carbocycles. The van der Waals surface area contributed by atoms with Crippen LogP contribution in [0.1, 0.15) is 30.0 Å². The average Bonchev–Trinajstić information content (AvgIpc) is 2.79. The Balaban J connectivity index is 1.94. The summed E-state index contributed by atoms with van der Waals surface area (Å²) in [4.78, 5) is 21.8. The van der Waals surface area contributed by atoms with Crippen molar-refractivity contribution in [2.45, 2.75) is 25.8 Å². The van der Waals surface area contributed by atoms with Crippen molar-refractivity contribution in [3.63, 3.8) is 0 Å². The fraction of sp³-hybridized carbons (Fsp3) is 0.227. The largest absolute Gasteiger partial charge is 0.480 e. The summed E-state index contributed by atoms with van der Waals surface area (Å²) in [5.74, 6) is 0.235. The van der Waals surface area contributed by atoms with Crippen molar-refractivity contribution in [1.29, 1.82) is 5.41 Å². The first-order valence-corrected chi connectivity index (χ1v) is 9.85. The number of carbonyl (C=O) groups excluding carboxylic acids is 1. The molecule has 0 fully saturated rings. The topological polar surface area (TPSA) is 100 Å². The second-order valence-electron chi connectivity index (χ2n) is 6.76. The average molecular weight is 422 g/mol. The number of aromatic nitrogens is 2. The maximum absolute atomic E-state index is 13.4. The van der Waals surface area contributed by atoms with E-state index in [9.17, 15) is 4.79 Å². The van der Waals surface area contributed by atoms with Gasteiger partial charge in [0.1, 0.15) is 23.3 Å². The number of carbonyl (C=O) groups is 1. The number of aryl methyl sites for hydroxylation is 1. The van der Waals surface area contributed by atoms with E-state index in [1.165, 1.54) is 19.5 Å². The van der Waals surface area contributed by atoms with Gasteiger partial charge in [0.15, 0.2) is 0 Å². The molecule has 1 unspecified atom stereocenters. The number of nitrogens with zero attached hydrogens (tertiary/aromatic N) is 3. The first-order chi connectivity index (χ1) is 14.5. The molecule has 30 heavy (non-hydrogen) atoms. The van der Waals surface area contributed by atoms with Gasteiger partial charge in [-0.15, -0.1) is 0 Å². The van der Waals surface area contributed by atoms with Crippen LogP contribution in [0.25, 0.3) is 0 Å². The Bertz CT molecular complexity index is 1030. The van der Waals surface area contributed by atoms with Gasteiger partial charge in [-0.3, -0.25) is 15.2 Å². The Hall–Kier alpha value is -3.26. The van der Waals surface area contributed by atoms with E-state index in [2.05, 4.69) is 32.5 Å². The molecule has 7 nitrogen and oxygen atoms in total. The smallest absolute Gasteiger partial charge is 0.233 e. The number of allylic oxidation sites excluding steroid dienone is 4. The Morgan fingerprint density at radius 3 is 2.67 bits per heavy atom. The third-order valence-electron chi connectivity index (χ3n) is 4.64. The first-order valence-electron chi connectivity index (χ1n) is 9.45. The molecule has 0 bridgehead atoms. The van der Waals surface area contributed by atoms with Gasteiger partial charge in [-0.25, -0.2) is 4.40 Å². The summed E-state index contributed by atoms with van der Waals surface area (Å²) in [6, 6.07) is 6.68. The van der Waals surface area contributed by atoms with Crippen LogP contribution in [0, 0.1) is 12.3 Å². The lowest BCUT2D eigenvalue weighted by atomic mass is 9.92. The van der Waals surface area contributed by atoms with Crippen molar-refractivity contribution >= 4 is 35.8 Å².